The Labute approximate surface area is 115 Å². The molecule has 1 fully saturated rings. The maximum absolute atomic E-state index is 3.28. The molecule has 1 heterocycles. The fourth-order valence-corrected chi connectivity index (χ4v) is 3.37. The van der Waals surface area contributed by atoms with Gasteiger partial charge in [-0.2, -0.15) is 11.8 Å². The SMILES string of the molecule is CNCc1cc(C)ccc1N1CCC(SC)CC1. The largest absolute Gasteiger partial charge is 0.371 e. The minimum atomic E-state index is 0.861. The molecule has 0 saturated carbocycles. The van der Waals surface area contributed by atoms with Gasteiger partial charge in [0.25, 0.3) is 0 Å². The van der Waals surface area contributed by atoms with Crippen LogP contribution in [0.2, 0.25) is 0 Å². The number of nitrogens with one attached hydrogen (secondary N) is 1. The molecule has 0 spiro atoms. The zero-order valence-electron chi connectivity index (χ0n) is 11.7. The molecule has 0 bridgehead atoms. The van der Waals surface area contributed by atoms with E-state index in [0.717, 1.165) is 11.8 Å². The topological polar surface area (TPSA) is 15.3 Å². The summed E-state index contributed by atoms with van der Waals surface area (Å²) in [7, 11) is 2.02. The fourth-order valence-electron chi connectivity index (χ4n) is 2.69. The van der Waals surface area contributed by atoms with E-state index in [1.54, 1.807) is 0 Å². The third-order valence-corrected chi connectivity index (χ3v) is 4.86. The van der Waals surface area contributed by atoms with E-state index >= 15 is 0 Å². The van der Waals surface area contributed by atoms with Crippen LogP contribution in [0, 0.1) is 6.92 Å². The maximum atomic E-state index is 3.28. The Morgan fingerprint density at radius 2 is 2.06 bits per heavy atom. The third-order valence-electron chi connectivity index (χ3n) is 3.72. The molecule has 0 radical (unpaired) electrons. The highest BCUT2D eigenvalue weighted by atomic mass is 32.2. The van der Waals surface area contributed by atoms with Gasteiger partial charge in [0.05, 0.1) is 0 Å². The fraction of sp³-hybridized carbons (Fsp3) is 0.600. The first-order chi connectivity index (χ1) is 8.74. The molecular weight excluding hydrogens is 240 g/mol. The summed E-state index contributed by atoms with van der Waals surface area (Å²) >= 11 is 2.02. The summed E-state index contributed by atoms with van der Waals surface area (Å²) in [6, 6.07) is 6.84. The lowest BCUT2D eigenvalue weighted by atomic mass is 10.0. The number of benzene rings is 1. The smallest absolute Gasteiger partial charge is 0.0412 e. The third kappa shape index (κ3) is 3.21. The number of anilines is 1. The molecule has 2 nitrogen and oxygen atoms in total. The van der Waals surface area contributed by atoms with E-state index in [0.29, 0.717) is 0 Å². The molecule has 3 heteroatoms. The van der Waals surface area contributed by atoms with E-state index in [1.165, 1.54) is 42.7 Å². The van der Waals surface area contributed by atoms with E-state index < -0.39 is 0 Å². The Bertz CT molecular complexity index is 384. The lowest BCUT2D eigenvalue weighted by molar-refractivity contribution is 0.589. The number of hydrogen-bond acceptors (Lipinski definition) is 3. The maximum Gasteiger partial charge on any atom is 0.0412 e. The number of nitrogens with zero attached hydrogens (tertiary/aromatic N) is 1. The average molecular weight is 264 g/mol. The summed E-state index contributed by atoms with van der Waals surface area (Å²) in [5, 5.41) is 4.14. The van der Waals surface area contributed by atoms with E-state index in [4.69, 9.17) is 0 Å². The summed E-state index contributed by atoms with van der Waals surface area (Å²) in [4.78, 5) is 2.55. The molecule has 100 valence electrons. The van der Waals surface area contributed by atoms with Gasteiger partial charge in [-0.15, -0.1) is 0 Å². The molecule has 1 aromatic rings. The number of hydrogen-bond donors (Lipinski definition) is 1. The van der Waals surface area contributed by atoms with Crippen molar-refractivity contribution >= 4 is 17.4 Å². The van der Waals surface area contributed by atoms with Crippen LogP contribution in [0.25, 0.3) is 0 Å². The first-order valence-corrected chi connectivity index (χ1v) is 8.05. The van der Waals surface area contributed by atoms with E-state index in [2.05, 4.69) is 41.6 Å². The second-order valence-corrected chi connectivity index (χ2v) is 6.22. The second-order valence-electron chi connectivity index (χ2n) is 5.08. The predicted octanol–water partition coefficient (Wildman–Crippen LogP) is 3.05. The van der Waals surface area contributed by atoms with Gasteiger partial charge < -0.3 is 10.2 Å². The summed E-state index contributed by atoms with van der Waals surface area (Å²) in [6.07, 6.45) is 4.86. The van der Waals surface area contributed by atoms with Crippen molar-refractivity contribution in [2.75, 3.05) is 31.3 Å². The quantitative estimate of drug-likeness (QED) is 0.900. The molecule has 1 N–H and O–H groups in total. The van der Waals surface area contributed by atoms with Crippen molar-refractivity contribution in [3.63, 3.8) is 0 Å². The molecule has 1 aliphatic heterocycles. The monoisotopic (exact) mass is 264 g/mol. The van der Waals surface area contributed by atoms with Gasteiger partial charge in [0.15, 0.2) is 0 Å². The summed E-state index contributed by atoms with van der Waals surface area (Å²) in [6.45, 7) is 5.53. The number of piperidine rings is 1. The average Bonchev–Trinajstić information content (AvgIpc) is 2.40. The molecule has 2 rings (SSSR count). The van der Waals surface area contributed by atoms with Gasteiger partial charge in [0.2, 0.25) is 0 Å². The highest BCUT2D eigenvalue weighted by Crippen LogP contribution is 2.28. The molecular formula is C15H24N2S. The van der Waals surface area contributed by atoms with Crippen molar-refractivity contribution in [3.8, 4) is 0 Å². The summed E-state index contributed by atoms with van der Waals surface area (Å²) in [5.74, 6) is 0. The lowest BCUT2D eigenvalue weighted by Crippen LogP contribution is -2.35. The van der Waals surface area contributed by atoms with Gasteiger partial charge in [-0.3, -0.25) is 0 Å². The van der Waals surface area contributed by atoms with Gasteiger partial charge in [-0.05, 0) is 44.7 Å². The highest BCUT2D eigenvalue weighted by Gasteiger charge is 2.20. The molecule has 1 aromatic carbocycles. The van der Waals surface area contributed by atoms with Crippen LogP contribution < -0.4 is 10.2 Å². The molecule has 0 aliphatic carbocycles. The number of thioether (sulfide) groups is 1. The Hall–Kier alpha value is -0.670. The minimum Gasteiger partial charge on any atom is -0.371 e. The van der Waals surface area contributed by atoms with Crippen molar-refractivity contribution in [1.82, 2.24) is 5.32 Å². The molecule has 0 unspecified atom stereocenters. The molecule has 0 aromatic heterocycles. The summed E-state index contributed by atoms with van der Waals surface area (Å²) in [5.41, 5.74) is 4.21. The van der Waals surface area contributed by atoms with Gasteiger partial charge in [-0.25, -0.2) is 0 Å². The standard InChI is InChI=1S/C15H24N2S/c1-12-4-5-15(13(10-12)11-16-2)17-8-6-14(18-3)7-9-17/h4-5,10,14,16H,6-9,11H2,1-3H3. The van der Waals surface area contributed by atoms with Crippen LogP contribution in [0.1, 0.15) is 24.0 Å². The van der Waals surface area contributed by atoms with Crippen molar-refractivity contribution in [3.05, 3.63) is 29.3 Å². The van der Waals surface area contributed by atoms with E-state index in [9.17, 15) is 0 Å². The number of rotatable bonds is 4. The highest BCUT2D eigenvalue weighted by molar-refractivity contribution is 7.99. The Balaban J connectivity index is 2.13. The van der Waals surface area contributed by atoms with Crippen molar-refractivity contribution < 1.29 is 0 Å². The minimum absolute atomic E-state index is 0.861. The van der Waals surface area contributed by atoms with Crippen LogP contribution in [-0.4, -0.2) is 31.6 Å². The second kappa shape index (κ2) is 6.48. The van der Waals surface area contributed by atoms with Crippen LogP contribution >= 0.6 is 11.8 Å². The van der Waals surface area contributed by atoms with Crippen LogP contribution in [-0.2, 0) is 6.54 Å². The lowest BCUT2D eigenvalue weighted by Gasteiger charge is -2.34. The number of aryl methyl sites for hydroxylation is 1. The Kier molecular flexibility index (Phi) is 4.95. The Morgan fingerprint density at radius 1 is 1.33 bits per heavy atom. The van der Waals surface area contributed by atoms with Gasteiger partial charge in [0.1, 0.15) is 0 Å². The zero-order valence-corrected chi connectivity index (χ0v) is 12.5. The van der Waals surface area contributed by atoms with Crippen LogP contribution in [0.5, 0.6) is 0 Å². The van der Waals surface area contributed by atoms with Gasteiger partial charge in [-0.1, -0.05) is 17.7 Å². The van der Waals surface area contributed by atoms with Crippen molar-refractivity contribution in [1.29, 1.82) is 0 Å². The van der Waals surface area contributed by atoms with E-state index in [-0.39, 0.29) is 0 Å². The van der Waals surface area contributed by atoms with Crippen LogP contribution in [0.4, 0.5) is 5.69 Å². The zero-order chi connectivity index (χ0) is 13.0. The van der Waals surface area contributed by atoms with Gasteiger partial charge in [0, 0.05) is 30.6 Å². The first-order valence-electron chi connectivity index (χ1n) is 6.76. The van der Waals surface area contributed by atoms with Crippen molar-refractivity contribution in [2.45, 2.75) is 31.6 Å². The molecule has 0 amide bonds. The van der Waals surface area contributed by atoms with Crippen molar-refractivity contribution in [2.24, 2.45) is 0 Å². The molecule has 18 heavy (non-hydrogen) atoms. The Morgan fingerprint density at radius 3 is 2.67 bits per heavy atom. The molecule has 0 atom stereocenters. The van der Waals surface area contributed by atoms with Crippen LogP contribution in [0.3, 0.4) is 0 Å². The summed E-state index contributed by atoms with van der Waals surface area (Å²) < 4.78 is 0. The first kappa shape index (κ1) is 13.8. The van der Waals surface area contributed by atoms with Crippen LogP contribution in [0.15, 0.2) is 18.2 Å². The predicted molar refractivity (Wildman–Crippen MR) is 82.7 cm³/mol. The molecule has 1 aliphatic rings. The normalized spacial score (nSPS) is 17.2. The van der Waals surface area contributed by atoms with Gasteiger partial charge >= 0.3 is 0 Å². The molecule has 1 saturated heterocycles. The van der Waals surface area contributed by atoms with E-state index in [1.807, 2.05) is 18.8 Å².